The lowest BCUT2D eigenvalue weighted by atomic mass is 9.97. The molecule has 3 nitrogen and oxygen atoms in total. The predicted molar refractivity (Wildman–Crippen MR) is 77.5 cm³/mol. The Morgan fingerprint density at radius 3 is 2.53 bits per heavy atom. The Kier molecular flexibility index (Phi) is 3.86. The van der Waals surface area contributed by atoms with Gasteiger partial charge in [0.2, 0.25) is 0 Å². The Labute approximate surface area is 114 Å². The van der Waals surface area contributed by atoms with Crippen LogP contribution in [0.25, 0.3) is 0 Å². The third-order valence-electron chi connectivity index (χ3n) is 3.50. The molecule has 0 aliphatic rings. The van der Waals surface area contributed by atoms with Crippen LogP contribution in [0.5, 0.6) is 5.75 Å². The maximum atomic E-state index is 6.34. The monoisotopic (exact) mass is 256 g/mol. The van der Waals surface area contributed by atoms with E-state index in [0.29, 0.717) is 0 Å². The topological polar surface area (TPSA) is 48.1 Å². The molecule has 2 N–H and O–H groups in total. The molecule has 1 atom stereocenters. The van der Waals surface area contributed by atoms with Gasteiger partial charge >= 0.3 is 0 Å². The molecule has 19 heavy (non-hydrogen) atoms. The highest BCUT2D eigenvalue weighted by molar-refractivity contribution is 5.48. The average molecular weight is 256 g/mol. The van der Waals surface area contributed by atoms with Gasteiger partial charge in [0.25, 0.3) is 0 Å². The maximum Gasteiger partial charge on any atom is 0.127 e. The number of pyridine rings is 1. The molecule has 100 valence electrons. The maximum absolute atomic E-state index is 6.34. The van der Waals surface area contributed by atoms with E-state index in [-0.39, 0.29) is 6.04 Å². The molecule has 1 heterocycles. The number of aryl methyl sites for hydroxylation is 2. The highest BCUT2D eigenvalue weighted by Crippen LogP contribution is 2.32. The number of ether oxygens (including phenoxy) is 1. The molecule has 2 aromatic rings. The average Bonchev–Trinajstić information content (AvgIpc) is 2.41. The Morgan fingerprint density at radius 1 is 1.16 bits per heavy atom. The number of nitrogens with zero attached hydrogens (tertiary/aromatic N) is 1. The van der Waals surface area contributed by atoms with E-state index in [2.05, 4.69) is 18.0 Å². The van der Waals surface area contributed by atoms with Crippen LogP contribution in [0.1, 0.15) is 34.0 Å². The molecule has 0 aliphatic heterocycles. The summed E-state index contributed by atoms with van der Waals surface area (Å²) in [5.41, 5.74) is 11.7. The molecule has 0 aliphatic carbocycles. The Morgan fingerprint density at radius 2 is 1.89 bits per heavy atom. The second-order valence-electron chi connectivity index (χ2n) is 4.87. The van der Waals surface area contributed by atoms with Gasteiger partial charge in [-0.1, -0.05) is 12.1 Å². The first kappa shape index (κ1) is 13.6. The molecule has 0 radical (unpaired) electrons. The predicted octanol–water partition coefficient (Wildman–Crippen LogP) is 3.06. The quantitative estimate of drug-likeness (QED) is 0.918. The molecule has 0 saturated carbocycles. The minimum atomic E-state index is -0.269. The van der Waals surface area contributed by atoms with E-state index in [1.165, 1.54) is 5.56 Å². The van der Waals surface area contributed by atoms with Gasteiger partial charge in [-0.15, -0.1) is 0 Å². The molecule has 0 fully saturated rings. The standard InChI is InChI=1S/C16H20N2O/c1-10-7-8-18-14(9-10)15(17)13-6-5-11(2)12(3)16(13)19-4/h5-9,15H,17H2,1-4H3. The molecular weight excluding hydrogens is 236 g/mol. The molecule has 3 heteroatoms. The number of hydrogen-bond donors (Lipinski definition) is 1. The third-order valence-corrected chi connectivity index (χ3v) is 3.50. The van der Waals surface area contributed by atoms with Gasteiger partial charge in [-0.05, 0) is 49.6 Å². The smallest absolute Gasteiger partial charge is 0.127 e. The van der Waals surface area contributed by atoms with Gasteiger partial charge in [0.1, 0.15) is 5.75 Å². The number of aromatic nitrogens is 1. The SMILES string of the molecule is COc1c(C(N)c2cc(C)ccn2)ccc(C)c1C. The molecule has 0 saturated heterocycles. The fourth-order valence-corrected chi connectivity index (χ4v) is 2.22. The number of nitrogens with two attached hydrogens (primary N) is 1. The highest BCUT2D eigenvalue weighted by Gasteiger charge is 2.17. The Hall–Kier alpha value is -1.87. The zero-order valence-electron chi connectivity index (χ0n) is 11.9. The van der Waals surface area contributed by atoms with Crippen LogP contribution in [0.2, 0.25) is 0 Å². The third kappa shape index (κ3) is 2.61. The summed E-state index contributed by atoms with van der Waals surface area (Å²) >= 11 is 0. The summed E-state index contributed by atoms with van der Waals surface area (Å²) in [5.74, 6) is 0.857. The van der Waals surface area contributed by atoms with Crippen molar-refractivity contribution in [1.29, 1.82) is 0 Å². The van der Waals surface area contributed by atoms with Crippen molar-refractivity contribution >= 4 is 0 Å². The summed E-state index contributed by atoms with van der Waals surface area (Å²) in [6.07, 6.45) is 1.79. The van der Waals surface area contributed by atoms with Crippen LogP contribution >= 0.6 is 0 Å². The fourth-order valence-electron chi connectivity index (χ4n) is 2.22. The lowest BCUT2D eigenvalue weighted by Gasteiger charge is -2.18. The summed E-state index contributed by atoms with van der Waals surface area (Å²) in [7, 11) is 1.68. The second-order valence-corrected chi connectivity index (χ2v) is 4.87. The van der Waals surface area contributed by atoms with Crippen LogP contribution in [0.4, 0.5) is 0 Å². The van der Waals surface area contributed by atoms with Crippen LogP contribution in [0.3, 0.4) is 0 Å². The van der Waals surface area contributed by atoms with Crippen LogP contribution in [-0.4, -0.2) is 12.1 Å². The van der Waals surface area contributed by atoms with Crippen LogP contribution in [0, 0.1) is 20.8 Å². The molecule has 1 aromatic carbocycles. The summed E-state index contributed by atoms with van der Waals surface area (Å²) < 4.78 is 5.52. The van der Waals surface area contributed by atoms with Crippen molar-refractivity contribution in [1.82, 2.24) is 4.98 Å². The van der Waals surface area contributed by atoms with E-state index in [4.69, 9.17) is 10.5 Å². The Balaban J connectivity index is 2.50. The van der Waals surface area contributed by atoms with Gasteiger partial charge in [-0.2, -0.15) is 0 Å². The van der Waals surface area contributed by atoms with Crippen LogP contribution < -0.4 is 10.5 Å². The molecular formula is C16H20N2O. The van der Waals surface area contributed by atoms with Crippen molar-refractivity contribution in [2.45, 2.75) is 26.8 Å². The molecule has 0 amide bonds. The first-order valence-corrected chi connectivity index (χ1v) is 6.36. The van der Waals surface area contributed by atoms with E-state index in [1.54, 1.807) is 13.3 Å². The first-order valence-electron chi connectivity index (χ1n) is 6.36. The summed E-state index contributed by atoms with van der Waals surface area (Å²) in [6.45, 7) is 6.15. The van der Waals surface area contributed by atoms with Gasteiger partial charge in [0.15, 0.2) is 0 Å². The molecule has 2 rings (SSSR count). The lowest BCUT2D eigenvalue weighted by molar-refractivity contribution is 0.404. The second kappa shape index (κ2) is 5.41. The summed E-state index contributed by atoms with van der Waals surface area (Å²) in [4.78, 5) is 4.36. The van der Waals surface area contributed by atoms with E-state index >= 15 is 0 Å². The number of methoxy groups -OCH3 is 1. The zero-order chi connectivity index (χ0) is 14.0. The van der Waals surface area contributed by atoms with Crippen molar-refractivity contribution < 1.29 is 4.74 Å². The number of hydrogen-bond acceptors (Lipinski definition) is 3. The summed E-state index contributed by atoms with van der Waals surface area (Å²) in [6, 6.07) is 7.81. The van der Waals surface area contributed by atoms with Crippen molar-refractivity contribution in [3.8, 4) is 5.75 Å². The molecule has 1 unspecified atom stereocenters. The minimum absolute atomic E-state index is 0.269. The fraction of sp³-hybridized carbons (Fsp3) is 0.312. The van der Waals surface area contributed by atoms with Gasteiger partial charge in [0.05, 0.1) is 18.8 Å². The van der Waals surface area contributed by atoms with Crippen molar-refractivity contribution in [3.05, 3.63) is 58.4 Å². The van der Waals surface area contributed by atoms with Gasteiger partial charge in [-0.25, -0.2) is 0 Å². The zero-order valence-corrected chi connectivity index (χ0v) is 11.9. The van der Waals surface area contributed by atoms with E-state index in [9.17, 15) is 0 Å². The van der Waals surface area contributed by atoms with E-state index in [0.717, 1.165) is 28.1 Å². The lowest BCUT2D eigenvalue weighted by Crippen LogP contribution is -2.15. The number of benzene rings is 1. The molecule has 0 spiro atoms. The highest BCUT2D eigenvalue weighted by atomic mass is 16.5. The number of rotatable bonds is 3. The first-order chi connectivity index (χ1) is 9.04. The van der Waals surface area contributed by atoms with Crippen molar-refractivity contribution in [2.75, 3.05) is 7.11 Å². The van der Waals surface area contributed by atoms with Gasteiger partial charge in [0, 0.05) is 11.8 Å². The normalized spacial score (nSPS) is 12.3. The summed E-state index contributed by atoms with van der Waals surface area (Å²) in [5, 5.41) is 0. The molecule has 0 bridgehead atoms. The molecule has 1 aromatic heterocycles. The van der Waals surface area contributed by atoms with Gasteiger partial charge in [-0.3, -0.25) is 4.98 Å². The van der Waals surface area contributed by atoms with E-state index < -0.39 is 0 Å². The van der Waals surface area contributed by atoms with Crippen molar-refractivity contribution in [3.63, 3.8) is 0 Å². The van der Waals surface area contributed by atoms with E-state index in [1.807, 2.05) is 32.0 Å². The minimum Gasteiger partial charge on any atom is -0.496 e. The van der Waals surface area contributed by atoms with Gasteiger partial charge < -0.3 is 10.5 Å². The van der Waals surface area contributed by atoms with Crippen LogP contribution in [-0.2, 0) is 0 Å². The largest absolute Gasteiger partial charge is 0.496 e. The Bertz CT molecular complexity index is 593. The van der Waals surface area contributed by atoms with Crippen LogP contribution in [0.15, 0.2) is 30.5 Å². The van der Waals surface area contributed by atoms with Crippen molar-refractivity contribution in [2.24, 2.45) is 5.73 Å².